The van der Waals surface area contributed by atoms with Crippen molar-refractivity contribution < 1.29 is 14.1 Å². The summed E-state index contributed by atoms with van der Waals surface area (Å²) in [6.45, 7) is 9.56. The van der Waals surface area contributed by atoms with Crippen molar-refractivity contribution in [3.05, 3.63) is 35.2 Å². The van der Waals surface area contributed by atoms with Crippen molar-refractivity contribution in [3.8, 4) is 11.4 Å². The van der Waals surface area contributed by atoms with Crippen molar-refractivity contribution >= 4 is 23.4 Å². The zero-order valence-electron chi connectivity index (χ0n) is 18.4. The lowest BCUT2D eigenvalue weighted by Gasteiger charge is -2.34. The fourth-order valence-corrected chi connectivity index (χ4v) is 3.37. The van der Waals surface area contributed by atoms with Crippen LogP contribution in [0.15, 0.2) is 28.8 Å². The van der Waals surface area contributed by atoms with Crippen molar-refractivity contribution in [1.29, 1.82) is 0 Å². The van der Waals surface area contributed by atoms with Crippen LogP contribution in [0.2, 0.25) is 5.02 Å². The Kier molecular flexibility index (Phi) is 7.67. The fraction of sp³-hybridized carbons (Fsp3) is 0.545. The number of amides is 2. The molecule has 0 bridgehead atoms. The van der Waals surface area contributed by atoms with E-state index in [9.17, 15) is 9.59 Å². The summed E-state index contributed by atoms with van der Waals surface area (Å²) in [5.41, 5.74) is 0.447. The van der Waals surface area contributed by atoms with Crippen LogP contribution in [-0.4, -0.2) is 64.5 Å². The number of carbonyl (C=O) groups excluding carboxylic acids is 2. The third kappa shape index (κ3) is 6.77. The van der Waals surface area contributed by atoms with Gasteiger partial charge in [-0.2, -0.15) is 4.98 Å². The molecule has 1 fully saturated rings. The number of aromatic nitrogens is 2. The molecule has 0 aliphatic carbocycles. The number of rotatable bonds is 7. The van der Waals surface area contributed by atoms with Gasteiger partial charge in [-0.05, 0) is 30.7 Å². The lowest BCUT2D eigenvalue weighted by molar-refractivity contribution is -0.133. The van der Waals surface area contributed by atoms with E-state index >= 15 is 0 Å². The number of carbonyl (C=O) groups is 2. The molecule has 3 rings (SSSR count). The molecule has 0 spiro atoms. The molecule has 0 unspecified atom stereocenters. The van der Waals surface area contributed by atoms with E-state index < -0.39 is 5.41 Å². The maximum absolute atomic E-state index is 12.4. The molecule has 8 nitrogen and oxygen atoms in total. The van der Waals surface area contributed by atoms with Gasteiger partial charge in [-0.3, -0.25) is 14.5 Å². The molecule has 2 amide bonds. The van der Waals surface area contributed by atoms with E-state index in [1.807, 2.05) is 37.8 Å². The minimum absolute atomic E-state index is 0.00816. The van der Waals surface area contributed by atoms with Gasteiger partial charge in [-0.1, -0.05) is 37.5 Å². The zero-order chi connectivity index (χ0) is 22.4. The summed E-state index contributed by atoms with van der Waals surface area (Å²) >= 11 is 5.92. The lowest BCUT2D eigenvalue weighted by atomic mass is 9.96. The predicted octanol–water partition coefficient (Wildman–Crippen LogP) is 2.98. The second-order valence-corrected chi connectivity index (χ2v) is 9.22. The highest BCUT2D eigenvalue weighted by Gasteiger charge is 2.23. The first-order chi connectivity index (χ1) is 14.7. The van der Waals surface area contributed by atoms with Gasteiger partial charge in [0.1, 0.15) is 0 Å². The van der Waals surface area contributed by atoms with E-state index in [4.69, 9.17) is 16.1 Å². The first kappa shape index (κ1) is 23.2. The average Bonchev–Trinajstić information content (AvgIpc) is 3.19. The smallest absolute Gasteiger partial charge is 0.241 e. The zero-order valence-corrected chi connectivity index (χ0v) is 19.1. The molecule has 2 heterocycles. The number of piperazine rings is 1. The molecule has 0 atom stereocenters. The molecule has 1 N–H and O–H groups in total. The van der Waals surface area contributed by atoms with E-state index in [-0.39, 0.29) is 11.8 Å². The number of nitrogens with one attached hydrogen (secondary N) is 1. The highest BCUT2D eigenvalue weighted by atomic mass is 35.5. The number of hydrogen-bond donors (Lipinski definition) is 1. The van der Waals surface area contributed by atoms with Crippen molar-refractivity contribution in [2.75, 3.05) is 32.7 Å². The van der Waals surface area contributed by atoms with Gasteiger partial charge in [0.05, 0.1) is 6.54 Å². The molecule has 168 valence electrons. The molecule has 0 radical (unpaired) electrons. The normalized spacial score (nSPS) is 15.2. The number of nitrogens with zero attached hydrogens (tertiary/aromatic N) is 4. The Morgan fingerprint density at radius 1 is 1.13 bits per heavy atom. The molecular weight excluding hydrogens is 418 g/mol. The Labute approximate surface area is 187 Å². The van der Waals surface area contributed by atoms with Crippen LogP contribution in [0, 0.1) is 5.41 Å². The fourth-order valence-electron chi connectivity index (χ4n) is 3.25. The molecule has 0 saturated carbocycles. The predicted molar refractivity (Wildman–Crippen MR) is 118 cm³/mol. The molecule has 1 aromatic carbocycles. The summed E-state index contributed by atoms with van der Waals surface area (Å²) in [4.78, 5) is 32.8. The summed E-state index contributed by atoms with van der Waals surface area (Å²) in [5, 5.41) is 7.59. The summed E-state index contributed by atoms with van der Waals surface area (Å²) in [5.74, 6) is 1.24. The van der Waals surface area contributed by atoms with E-state index in [1.165, 1.54) is 0 Å². The molecule has 1 saturated heterocycles. The topological polar surface area (TPSA) is 91.6 Å². The Bertz CT molecular complexity index is 883. The molecule has 1 aliphatic rings. The van der Waals surface area contributed by atoms with Crippen LogP contribution in [0.4, 0.5) is 0 Å². The van der Waals surface area contributed by atoms with Gasteiger partial charge < -0.3 is 14.7 Å². The SMILES string of the molecule is CC(C)(C)C(=O)NCCCC(=O)N1CCN(Cc2nc(-c3ccc(Cl)cc3)no2)CC1. The van der Waals surface area contributed by atoms with Crippen LogP contribution in [0.5, 0.6) is 0 Å². The maximum atomic E-state index is 12.4. The summed E-state index contributed by atoms with van der Waals surface area (Å²) in [6, 6.07) is 7.30. The van der Waals surface area contributed by atoms with E-state index in [2.05, 4.69) is 20.4 Å². The van der Waals surface area contributed by atoms with Crippen molar-refractivity contribution in [3.63, 3.8) is 0 Å². The van der Waals surface area contributed by atoms with Crippen LogP contribution >= 0.6 is 11.6 Å². The standard InChI is InChI=1S/C22H30ClN5O3/c1-22(2,3)21(30)24-10-4-5-19(29)28-13-11-27(12-14-28)15-18-25-20(26-31-18)16-6-8-17(23)9-7-16/h6-9H,4-5,10-15H2,1-3H3,(H,24,30). The van der Waals surface area contributed by atoms with Crippen LogP contribution in [0.3, 0.4) is 0 Å². The second-order valence-electron chi connectivity index (χ2n) is 8.79. The minimum Gasteiger partial charge on any atom is -0.356 e. The Balaban J connectivity index is 1.38. The third-order valence-corrected chi connectivity index (χ3v) is 5.44. The van der Waals surface area contributed by atoms with Crippen LogP contribution < -0.4 is 5.32 Å². The van der Waals surface area contributed by atoms with Gasteiger partial charge in [0.15, 0.2) is 0 Å². The lowest BCUT2D eigenvalue weighted by Crippen LogP contribution is -2.48. The summed E-state index contributed by atoms with van der Waals surface area (Å²) in [7, 11) is 0. The molecule has 1 aromatic heterocycles. The number of benzene rings is 1. The summed E-state index contributed by atoms with van der Waals surface area (Å²) in [6.07, 6.45) is 1.09. The van der Waals surface area contributed by atoms with E-state index in [0.717, 1.165) is 18.7 Å². The van der Waals surface area contributed by atoms with Gasteiger partial charge in [0.25, 0.3) is 0 Å². The van der Waals surface area contributed by atoms with Gasteiger partial charge in [-0.15, -0.1) is 0 Å². The minimum atomic E-state index is -0.408. The first-order valence-electron chi connectivity index (χ1n) is 10.6. The van der Waals surface area contributed by atoms with Crippen molar-refractivity contribution in [1.82, 2.24) is 25.3 Å². The third-order valence-electron chi connectivity index (χ3n) is 5.19. The highest BCUT2D eigenvalue weighted by molar-refractivity contribution is 6.30. The van der Waals surface area contributed by atoms with E-state index in [0.29, 0.717) is 55.8 Å². The Hall–Kier alpha value is -2.45. The van der Waals surface area contributed by atoms with E-state index in [1.54, 1.807) is 12.1 Å². The molecule has 2 aromatic rings. The van der Waals surface area contributed by atoms with Gasteiger partial charge in [0, 0.05) is 55.1 Å². The van der Waals surface area contributed by atoms with Gasteiger partial charge >= 0.3 is 0 Å². The van der Waals surface area contributed by atoms with Gasteiger partial charge in [-0.25, -0.2) is 0 Å². The quantitative estimate of drug-likeness (QED) is 0.656. The Morgan fingerprint density at radius 2 is 1.81 bits per heavy atom. The maximum Gasteiger partial charge on any atom is 0.241 e. The van der Waals surface area contributed by atoms with Crippen molar-refractivity contribution in [2.24, 2.45) is 5.41 Å². The van der Waals surface area contributed by atoms with Crippen LogP contribution in [0.25, 0.3) is 11.4 Å². The largest absolute Gasteiger partial charge is 0.356 e. The number of halogens is 1. The van der Waals surface area contributed by atoms with Gasteiger partial charge in [0.2, 0.25) is 23.5 Å². The molecule has 31 heavy (non-hydrogen) atoms. The second kappa shape index (κ2) is 10.2. The van der Waals surface area contributed by atoms with Crippen LogP contribution in [-0.2, 0) is 16.1 Å². The summed E-state index contributed by atoms with van der Waals surface area (Å²) < 4.78 is 5.38. The molecule has 9 heteroatoms. The monoisotopic (exact) mass is 447 g/mol. The molecule has 1 aliphatic heterocycles. The first-order valence-corrected chi connectivity index (χ1v) is 11.0. The van der Waals surface area contributed by atoms with Crippen LogP contribution in [0.1, 0.15) is 39.5 Å². The Morgan fingerprint density at radius 3 is 2.45 bits per heavy atom. The highest BCUT2D eigenvalue weighted by Crippen LogP contribution is 2.19. The molecular formula is C22H30ClN5O3. The number of hydrogen-bond acceptors (Lipinski definition) is 6. The average molecular weight is 448 g/mol. The van der Waals surface area contributed by atoms with Crippen molar-refractivity contribution in [2.45, 2.75) is 40.2 Å².